The summed E-state index contributed by atoms with van der Waals surface area (Å²) in [7, 11) is 1.67. The number of methoxy groups -OCH3 is 1. The minimum absolute atomic E-state index is 0.127. The SMILES string of the molecule is CO[C@@H]1C[C@@H](CO)C[C@H]1N. The van der Waals surface area contributed by atoms with Crippen molar-refractivity contribution in [3.63, 3.8) is 0 Å². The number of aliphatic hydroxyl groups is 1. The lowest BCUT2D eigenvalue weighted by molar-refractivity contribution is 0.0899. The normalized spacial score (nSPS) is 40.5. The Balaban J connectivity index is 2.36. The predicted molar refractivity (Wildman–Crippen MR) is 38.6 cm³/mol. The minimum atomic E-state index is 0.127. The first-order chi connectivity index (χ1) is 4.77. The topological polar surface area (TPSA) is 55.5 Å². The van der Waals surface area contributed by atoms with Crippen molar-refractivity contribution in [1.29, 1.82) is 0 Å². The Morgan fingerprint density at radius 1 is 1.60 bits per heavy atom. The van der Waals surface area contributed by atoms with Crippen LogP contribution in [0.3, 0.4) is 0 Å². The largest absolute Gasteiger partial charge is 0.396 e. The third-order valence-corrected chi connectivity index (χ3v) is 2.21. The van der Waals surface area contributed by atoms with Gasteiger partial charge in [-0.1, -0.05) is 0 Å². The van der Waals surface area contributed by atoms with Crippen LogP contribution in [0.25, 0.3) is 0 Å². The second-order valence-corrected chi connectivity index (χ2v) is 2.96. The fourth-order valence-corrected chi connectivity index (χ4v) is 1.56. The molecule has 0 aromatic rings. The van der Waals surface area contributed by atoms with Gasteiger partial charge in [0.15, 0.2) is 0 Å². The van der Waals surface area contributed by atoms with Crippen molar-refractivity contribution >= 4 is 0 Å². The molecule has 0 unspecified atom stereocenters. The Bertz CT molecular complexity index is 108. The first kappa shape index (κ1) is 7.98. The second-order valence-electron chi connectivity index (χ2n) is 2.96. The van der Waals surface area contributed by atoms with E-state index in [1.807, 2.05) is 0 Å². The third-order valence-electron chi connectivity index (χ3n) is 2.21. The van der Waals surface area contributed by atoms with Crippen LogP contribution < -0.4 is 5.73 Å². The number of ether oxygens (including phenoxy) is 1. The van der Waals surface area contributed by atoms with E-state index in [0.717, 1.165) is 12.8 Å². The van der Waals surface area contributed by atoms with Gasteiger partial charge in [-0.2, -0.15) is 0 Å². The van der Waals surface area contributed by atoms with Crippen molar-refractivity contribution in [1.82, 2.24) is 0 Å². The highest BCUT2D eigenvalue weighted by Crippen LogP contribution is 2.25. The predicted octanol–water partition coefficient (Wildman–Crippen LogP) is -0.269. The van der Waals surface area contributed by atoms with E-state index in [9.17, 15) is 0 Å². The van der Waals surface area contributed by atoms with Crippen LogP contribution >= 0.6 is 0 Å². The van der Waals surface area contributed by atoms with Gasteiger partial charge in [0.05, 0.1) is 6.10 Å². The number of rotatable bonds is 2. The lowest BCUT2D eigenvalue weighted by atomic mass is 10.1. The average Bonchev–Trinajstić information content (AvgIpc) is 2.30. The molecule has 3 atom stereocenters. The summed E-state index contributed by atoms with van der Waals surface area (Å²) in [6, 6.07) is 0.127. The molecule has 0 bridgehead atoms. The molecule has 0 aromatic carbocycles. The lowest BCUT2D eigenvalue weighted by Crippen LogP contribution is -2.30. The van der Waals surface area contributed by atoms with E-state index < -0.39 is 0 Å². The lowest BCUT2D eigenvalue weighted by Gasteiger charge is -2.11. The molecule has 1 rings (SSSR count). The van der Waals surface area contributed by atoms with Gasteiger partial charge in [-0.15, -0.1) is 0 Å². The highest BCUT2D eigenvalue weighted by atomic mass is 16.5. The average molecular weight is 145 g/mol. The quantitative estimate of drug-likeness (QED) is 0.562. The van der Waals surface area contributed by atoms with E-state index in [2.05, 4.69) is 0 Å². The van der Waals surface area contributed by atoms with Crippen LogP contribution in [0.5, 0.6) is 0 Å². The van der Waals surface area contributed by atoms with E-state index >= 15 is 0 Å². The smallest absolute Gasteiger partial charge is 0.0725 e. The molecule has 0 aromatic heterocycles. The zero-order chi connectivity index (χ0) is 7.56. The van der Waals surface area contributed by atoms with Crippen molar-refractivity contribution < 1.29 is 9.84 Å². The summed E-state index contributed by atoms with van der Waals surface area (Å²) in [5.41, 5.74) is 5.72. The van der Waals surface area contributed by atoms with Crippen LogP contribution in [0.2, 0.25) is 0 Å². The minimum Gasteiger partial charge on any atom is -0.396 e. The summed E-state index contributed by atoms with van der Waals surface area (Å²) >= 11 is 0. The molecule has 0 spiro atoms. The highest BCUT2D eigenvalue weighted by Gasteiger charge is 2.30. The van der Waals surface area contributed by atoms with E-state index in [-0.39, 0.29) is 18.8 Å². The molecule has 0 aliphatic heterocycles. The van der Waals surface area contributed by atoms with Gasteiger partial charge in [0.2, 0.25) is 0 Å². The van der Waals surface area contributed by atoms with E-state index in [4.69, 9.17) is 15.6 Å². The van der Waals surface area contributed by atoms with Crippen LogP contribution in [-0.4, -0.2) is 31.0 Å². The van der Waals surface area contributed by atoms with Gasteiger partial charge in [-0.25, -0.2) is 0 Å². The van der Waals surface area contributed by atoms with Gasteiger partial charge in [0.1, 0.15) is 0 Å². The maximum Gasteiger partial charge on any atom is 0.0725 e. The third kappa shape index (κ3) is 1.48. The number of aliphatic hydroxyl groups excluding tert-OH is 1. The van der Waals surface area contributed by atoms with Gasteiger partial charge in [-0.05, 0) is 18.8 Å². The maximum absolute atomic E-state index is 8.79. The zero-order valence-corrected chi connectivity index (χ0v) is 6.29. The Morgan fingerprint density at radius 2 is 2.30 bits per heavy atom. The van der Waals surface area contributed by atoms with Gasteiger partial charge in [-0.3, -0.25) is 0 Å². The van der Waals surface area contributed by atoms with Gasteiger partial charge < -0.3 is 15.6 Å². The van der Waals surface area contributed by atoms with Crippen LogP contribution in [0.4, 0.5) is 0 Å². The monoisotopic (exact) mass is 145 g/mol. The number of hydrogen-bond donors (Lipinski definition) is 2. The fourth-order valence-electron chi connectivity index (χ4n) is 1.56. The molecule has 3 N–H and O–H groups in total. The second kappa shape index (κ2) is 3.32. The van der Waals surface area contributed by atoms with Crippen molar-refractivity contribution in [3.05, 3.63) is 0 Å². The fraction of sp³-hybridized carbons (Fsp3) is 1.00. The molecule has 10 heavy (non-hydrogen) atoms. The molecular weight excluding hydrogens is 130 g/mol. The molecule has 0 heterocycles. The van der Waals surface area contributed by atoms with Crippen molar-refractivity contribution in [2.24, 2.45) is 11.7 Å². The molecule has 3 heteroatoms. The van der Waals surface area contributed by atoms with Crippen molar-refractivity contribution in [3.8, 4) is 0 Å². The van der Waals surface area contributed by atoms with Crippen LogP contribution in [-0.2, 0) is 4.74 Å². The molecule has 1 fully saturated rings. The van der Waals surface area contributed by atoms with Gasteiger partial charge >= 0.3 is 0 Å². The maximum atomic E-state index is 8.79. The Kier molecular flexibility index (Phi) is 2.65. The van der Waals surface area contributed by atoms with Crippen LogP contribution in [0.15, 0.2) is 0 Å². The molecule has 3 nitrogen and oxygen atoms in total. The van der Waals surface area contributed by atoms with Crippen LogP contribution in [0, 0.1) is 5.92 Å². The summed E-state index contributed by atoms with van der Waals surface area (Å²) in [5.74, 6) is 0.361. The van der Waals surface area contributed by atoms with Gasteiger partial charge in [0, 0.05) is 19.8 Å². The molecular formula is C7H15NO2. The Morgan fingerprint density at radius 3 is 2.60 bits per heavy atom. The summed E-state index contributed by atoms with van der Waals surface area (Å²) < 4.78 is 5.12. The summed E-state index contributed by atoms with van der Waals surface area (Å²) in [6.07, 6.45) is 1.97. The Hall–Kier alpha value is -0.120. The molecule has 1 saturated carbocycles. The van der Waals surface area contributed by atoms with E-state index in [0.29, 0.717) is 5.92 Å². The number of hydrogen-bond acceptors (Lipinski definition) is 3. The first-order valence-corrected chi connectivity index (χ1v) is 3.67. The van der Waals surface area contributed by atoms with Crippen molar-refractivity contribution in [2.75, 3.05) is 13.7 Å². The van der Waals surface area contributed by atoms with Crippen molar-refractivity contribution in [2.45, 2.75) is 25.0 Å². The summed E-state index contributed by atoms with van der Waals surface area (Å²) in [4.78, 5) is 0. The zero-order valence-electron chi connectivity index (χ0n) is 6.29. The molecule has 0 amide bonds. The van der Waals surface area contributed by atoms with Gasteiger partial charge in [0.25, 0.3) is 0 Å². The molecule has 1 aliphatic rings. The Labute approximate surface area is 61.2 Å². The first-order valence-electron chi connectivity index (χ1n) is 3.67. The number of nitrogens with two attached hydrogens (primary N) is 1. The molecule has 1 aliphatic carbocycles. The molecule has 0 saturated heterocycles. The van der Waals surface area contributed by atoms with Crippen LogP contribution in [0.1, 0.15) is 12.8 Å². The van der Waals surface area contributed by atoms with E-state index in [1.165, 1.54) is 0 Å². The van der Waals surface area contributed by atoms with E-state index in [1.54, 1.807) is 7.11 Å². The molecule has 60 valence electrons. The summed E-state index contributed by atoms with van der Waals surface area (Å²) in [6.45, 7) is 0.244. The standard InChI is InChI=1S/C7H15NO2/c1-10-7-3-5(4-9)2-6(7)8/h5-7,9H,2-4,8H2,1H3/t5-,6+,7+/m0/s1. The molecule has 0 radical (unpaired) electrons. The highest BCUT2D eigenvalue weighted by molar-refractivity contribution is 4.86. The summed E-state index contributed by atoms with van der Waals surface area (Å²) in [5, 5.41) is 8.79.